The van der Waals surface area contributed by atoms with Crippen LogP contribution in [0.5, 0.6) is 0 Å². The zero-order valence-electron chi connectivity index (χ0n) is 16.6. The lowest BCUT2D eigenvalue weighted by Gasteiger charge is -2.29. The first-order valence-corrected chi connectivity index (χ1v) is 11.3. The van der Waals surface area contributed by atoms with Crippen LogP contribution in [0.1, 0.15) is 32.3 Å². The fourth-order valence-electron chi connectivity index (χ4n) is 4.07. The monoisotopic (exact) mass is 400 g/mol. The highest BCUT2D eigenvalue weighted by Gasteiger charge is 2.37. The van der Waals surface area contributed by atoms with E-state index in [2.05, 4.69) is 40.8 Å². The van der Waals surface area contributed by atoms with Gasteiger partial charge in [-0.25, -0.2) is 8.42 Å². The third-order valence-corrected chi connectivity index (χ3v) is 7.72. The Labute approximate surface area is 167 Å². The Morgan fingerprint density at radius 3 is 2.29 bits per heavy atom. The van der Waals surface area contributed by atoms with Crippen molar-refractivity contribution in [2.24, 2.45) is 0 Å². The Morgan fingerprint density at radius 2 is 1.64 bits per heavy atom. The third kappa shape index (κ3) is 3.79. The van der Waals surface area contributed by atoms with Crippen LogP contribution in [-0.4, -0.2) is 54.4 Å². The van der Waals surface area contributed by atoms with Crippen LogP contribution < -0.4 is 4.90 Å². The van der Waals surface area contributed by atoms with Crippen molar-refractivity contribution >= 4 is 15.7 Å². The minimum absolute atomic E-state index is 0.0313. The molecule has 2 fully saturated rings. The second-order valence-corrected chi connectivity index (χ2v) is 10.2. The van der Waals surface area contributed by atoms with Crippen LogP contribution >= 0.6 is 0 Å². The van der Waals surface area contributed by atoms with Gasteiger partial charge in [0, 0.05) is 49.8 Å². The molecule has 2 aromatic rings. The Balaban J connectivity index is 1.49. The molecule has 2 aliphatic heterocycles. The molecule has 0 atom stereocenters. The molecular weight excluding hydrogens is 372 g/mol. The van der Waals surface area contributed by atoms with E-state index in [1.54, 1.807) is 16.4 Å². The lowest BCUT2D eigenvalue weighted by molar-refractivity contribution is 0.175. The summed E-state index contributed by atoms with van der Waals surface area (Å²) in [6.07, 6.45) is 5.56. The molecule has 3 heterocycles. The maximum atomic E-state index is 12.7. The molecule has 0 spiro atoms. The molecule has 6 nitrogen and oxygen atoms in total. The van der Waals surface area contributed by atoms with Gasteiger partial charge in [0.15, 0.2) is 0 Å². The average molecular weight is 401 g/mol. The van der Waals surface area contributed by atoms with Crippen LogP contribution in [0.15, 0.2) is 53.7 Å². The predicted octanol–water partition coefficient (Wildman–Crippen LogP) is 2.92. The topological polar surface area (TPSA) is 56.8 Å². The second kappa shape index (κ2) is 7.46. The average Bonchev–Trinajstić information content (AvgIpc) is 3.32. The van der Waals surface area contributed by atoms with E-state index < -0.39 is 10.0 Å². The number of sulfonamides is 1. The van der Waals surface area contributed by atoms with E-state index in [9.17, 15) is 8.42 Å². The minimum Gasteiger partial charge on any atom is -0.357 e. The van der Waals surface area contributed by atoms with Gasteiger partial charge < -0.3 is 4.90 Å². The van der Waals surface area contributed by atoms with Crippen molar-refractivity contribution in [3.63, 3.8) is 0 Å². The molecule has 0 radical (unpaired) electrons. The number of nitrogens with zero attached hydrogens (tertiary/aromatic N) is 4. The Morgan fingerprint density at radius 1 is 1.00 bits per heavy atom. The molecule has 0 bridgehead atoms. The summed E-state index contributed by atoms with van der Waals surface area (Å²) in [5.74, 6) is 0. The standard InChI is InChI=1S/C21H28N4O2S/c1-21(2)16-23(17-24(21)15-18-9-11-22-12-10-18)19-5-7-20(8-6-19)28(26,27)25-13-3-4-14-25/h5-12H,3-4,13-17H2,1-2H3. The van der Waals surface area contributed by atoms with Crippen molar-refractivity contribution in [1.29, 1.82) is 0 Å². The van der Waals surface area contributed by atoms with Gasteiger partial charge >= 0.3 is 0 Å². The number of hydrogen-bond donors (Lipinski definition) is 0. The minimum atomic E-state index is -3.35. The lowest BCUT2D eigenvalue weighted by Crippen LogP contribution is -2.39. The number of anilines is 1. The number of benzene rings is 1. The summed E-state index contributed by atoms with van der Waals surface area (Å²) in [7, 11) is -3.35. The summed E-state index contributed by atoms with van der Waals surface area (Å²) in [6.45, 7) is 8.35. The molecule has 0 N–H and O–H groups in total. The Bertz CT molecular complexity index is 907. The van der Waals surface area contributed by atoms with Crippen molar-refractivity contribution in [1.82, 2.24) is 14.2 Å². The quantitative estimate of drug-likeness (QED) is 0.772. The maximum absolute atomic E-state index is 12.7. The van der Waals surface area contributed by atoms with Crippen LogP contribution in [-0.2, 0) is 16.6 Å². The van der Waals surface area contributed by atoms with Crippen molar-refractivity contribution in [2.45, 2.75) is 43.7 Å². The first-order chi connectivity index (χ1) is 13.4. The highest BCUT2D eigenvalue weighted by atomic mass is 32.2. The van der Waals surface area contributed by atoms with Gasteiger partial charge in [0.1, 0.15) is 0 Å². The van der Waals surface area contributed by atoms with E-state index in [1.807, 2.05) is 24.5 Å². The predicted molar refractivity (Wildman–Crippen MR) is 111 cm³/mol. The van der Waals surface area contributed by atoms with Crippen molar-refractivity contribution < 1.29 is 8.42 Å². The number of aromatic nitrogens is 1. The van der Waals surface area contributed by atoms with E-state index >= 15 is 0 Å². The number of pyridine rings is 1. The normalized spacial score (nSPS) is 20.7. The van der Waals surface area contributed by atoms with E-state index in [0.717, 1.165) is 38.3 Å². The maximum Gasteiger partial charge on any atom is 0.243 e. The molecule has 0 aliphatic carbocycles. The largest absolute Gasteiger partial charge is 0.357 e. The molecule has 0 saturated carbocycles. The summed E-state index contributed by atoms with van der Waals surface area (Å²) < 4.78 is 27.0. The summed E-state index contributed by atoms with van der Waals surface area (Å²) in [5, 5.41) is 0. The molecule has 1 aromatic heterocycles. The molecule has 2 saturated heterocycles. The van der Waals surface area contributed by atoms with Gasteiger partial charge in [-0.1, -0.05) is 0 Å². The summed E-state index contributed by atoms with van der Waals surface area (Å²) in [6, 6.07) is 11.5. The third-order valence-electron chi connectivity index (χ3n) is 5.80. The lowest BCUT2D eigenvalue weighted by atomic mass is 10.0. The molecule has 7 heteroatoms. The SMILES string of the molecule is CC1(C)CN(c2ccc(S(=O)(=O)N3CCCC3)cc2)CN1Cc1ccncc1. The highest BCUT2D eigenvalue weighted by molar-refractivity contribution is 7.89. The van der Waals surface area contributed by atoms with Crippen LogP contribution in [0.4, 0.5) is 5.69 Å². The number of hydrogen-bond acceptors (Lipinski definition) is 5. The van der Waals surface area contributed by atoms with Crippen molar-refractivity contribution in [2.75, 3.05) is 31.2 Å². The van der Waals surface area contributed by atoms with Crippen LogP contribution in [0.25, 0.3) is 0 Å². The van der Waals surface area contributed by atoms with Gasteiger partial charge in [-0.2, -0.15) is 4.31 Å². The van der Waals surface area contributed by atoms with E-state index in [-0.39, 0.29) is 5.54 Å². The van der Waals surface area contributed by atoms with Gasteiger partial charge in [-0.05, 0) is 68.7 Å². The summed E-state index contributed by atoms with van der Waals surface area (Å²) in [4.78, 5) is 9.24. The Kier molecular flexibility index (Phi) is 5.16. The smallest absolute Gasteiger partial charge is 0.243 e. The van der Waals surface area contributed by atoms with Crippen molar-refractivity contribution in [3.8, 4) is 0 Å². The van der Waals surface area contributed by atoms with Crippen LogP contribution in [0, 0.1) is 0 Å². The Hall–Kier alpha value is -1.96. The molecular formula is C21H28N4O2S. The van der Waals surface area contributed by atoms with Crippen LogP contribution in [0.2, 0.25) is 0 Å². The van der Waals surface area contributed by atoms with E-state index in [4.69, 9.17) is 0 Å². The fraction of sp³-hybridized carbons (Fsp3) is 0.476. The molecule has 0 amide bonds. The zero-order valence-corrected chi connectivity index (χ0v) is 17.4. The second-order valence-electron chi connectivity index (χ2n) is 8.31. The first-order valence-electron chi connectivity index (χ1n) is 9.85. The van der Waals surface area contributed by atoms with Gasteiger partial charge in [0.2, 0.25) is 10.0 Å². The first kappa shape index (κ1) is 19.4. The van der Waals surface area contributed by atoms with Crippen molar-refractivity contribution in [3.05, 3.63) is 54.4 Å². The van der Waals surface area contributed by atoms with Gasteiger partial charge in [0.25, 0.3) is 0 Å². The molecule has 2 aliphatic rings. The van der Waals surface area contributed by atoms with E-state index in [0.29, 0.717) is 18.0 Å². The van der Waals surface area contributed by atoms with Crippen LogP contribution in [0.3, 0.4) is 0 Å². The molecule has 1 aromatic carbocycles. The zero-order chi connectivity index (χ0) is 19.8. The fourth-order valence-corrected chi connectivity index (χ4v) is 5.58. The number of rotatable bonds is 5. The summed E-state index contributed by atoms with van der Waals surface area (Å²) in [5.41, 5.74) is 2.34. The van der Waals surface area contributed by atoms with Gasteiger partial charge in [-0.15, -0.1) is 0 Å². The van der Waals surface area contributed by atoms with Gasteiger partial charge in [0.05, 0.1) is 11.6 Å². The molecule has 4 rings (SSSR count). The molecule has 28 heavy (non-hydrogen) atoms. The van der Waals surface area contributed by atoms with E-state index in [1.165, 1.54) is 5.56 Å². The molecule has 0 unspecified atom stereocenters. The summed E-state index contributed by atoms with van der Waals surface area (Å²) >= 11 is 0. The molecule has 150 valence electrons. The van der Waals surface area contributed by atoms with Gasteiger partial charge in [-0.3, -0.25) is 9.88 Å². The highest BCUT2D eigenvalue weighted by Crippen LogP contribution is 2.31.